The van der Waals surface area contributed by atoms with Crippen molar-refractivity contribution in [3.63, 3.8) is 0 Å². The number of aromatic nitrogens is 1. The number of hydrogen-bond donors (Lipinski definition) is 1. The van der Waals surface area contributed by atoms with E-state index in [-0.39, 0.29) is 0 Å². The summed E-state index contributed by atoms with van der Waals surface area (Å²) in [5.41, 5.74) is 3.61. The number of nitrogens with one attached hydrogen (secondary N) is 1. The molecule has 0 unspecified atom stereocenters. The van der Waals surface area contributed by atoms with Crippen LogP contribution in [0.4, 0.5) is 0 Å². The van der Waals surface area contributed by atoms with E-state index in [1.165, 1.54) is 24.0 Å². The van der Waals surface area contributed by atoms with E-state index in [1.54, 1.807) is 0 Å². The summed E-state index contributed by atoms with van der Waals surface area (Å²) in [5.74, 6) is 0. The predicted molar refractivity (Wildman–Crippen MR) is 63.6 cm³/mol. The van der Waals surface area contributed by atoms with Gasteiger partial charge in [0.25, 0.3) is 0 Å². The molecule has 0 bridgehead atoms. The molecule has 1 N–H and O–H groups in total. The van der Waals surface area contributed by atoms with Crippen LogP contribution < -0.4 is 5.32 Å². The third kappa shape index (κ3) is 3.48. The minimum atomic E-state index is 0.777. The van der Waals surface area contributed by atoms with E-state index in [2.05, 4.69) is 42.4 Å². The molecule has 0 radical (unpaired) electrons. The molecule has 0 amide bonds. The maximum atomic E-state index is 4.36. The van der Waals surface area contributed by atoms with Crippen LogP contribution in [0, 0.1) is 6.92 Å². The minimum Gasteiger partial charge on any atom is -0.310 e. The summed E-state index contributed by atoms with van der Waals surface area (Å²) < 4.78 is 0. The van der Waals surface area contributed by atoms with Crippen molar-refractivity contribution in [3.05, 3.63) is 35.2 Å². The summed E-state index contributed by atoms with van der Waals surface area (Å²) >= 11 is 0. The van der Waals surface area contributed by atoms with Crippen LogP contribution in [-0.4, -0.2) is 17.6 Å². The summed E-state index contributed by atoms with van der Waals surface area (Å²) in [5, 5.41) is 3.49. The van der Waals surface area contributed by atoms with Crippen LogP contribution in [0.1, 0.15) is 31.0 Å². The first-order valence-corrected chi connectivity index (χ1v) is 5.57. The molecule has 0 aromatic carbocycles. The Morgan fingerprint density at radius 3 is 2.93 bits per heavy atom. The Kier molecular flexibility index (Phi) is 3.17. The lowest BCUT2D eigenvalue weighted by Crippen LogP contribution is -2.18. The van der Waals surface area contributed by atoms with Crippen molar-refractivity contribution >= 4 is 6.08 Å². The molecule has 2 nitrogen and oxygen atoms in total. The van der Waals surface area contributed by atoms with Crippen molar-refractivity contribution in [2.75, 3.05) is 6.54 Å². The van der Waals surface area contributed by atoms with Crippen molar-refractivity contribution in [2.24, 2.45) is 0 Å². The van der Waals surface area contributed by atoms with E-state index >= 15 is 0 Å². The van der Waals surface area contributed by atoms with Gasteiger partial charge in [0, 0.05) is 18.8 Å². The number of aryl methyl sites for hydroxylation is 1. The van der Waals surface area contributed by atoms with E-state index < -0.39 is 0 Å². The monoisotopic (exact) mass is 202 g/mol. The highest BCUT2D eigenvalue weighted by Crippen LogP contribution is 2.18. The molecule has 0 atom stereocenters. The molecule has 2 heteroatoms. The van der Waals surface area contributed by atoms with E-state index in [1.807, 2.05) is 6.20 Å². The fourth-order valence-corrected chi connectivity index (χ4v) is 1.46. The van der Waals surface area contributed by atoms with E-state index in [0.717, 1.165) is 18.3 Å². The van der Waals surface area contributed by atoms with Gasteiger partial charge in [-0.3, -0.25) is 4.98 Å². The number of pyridine rings is 1. The van der Waals surface area contributed by atoms with Crippen LogP contribution >= 0.6 is 0 Å². The topological polar surface area (TPSA) is 24.9 Å². The second kappa shape index (κ2) is 4.58. The molecule has 1 aliphatic rings. The Bertz CT molecular complexity index is 347. The fourth-order valence-electron chi connectivity index (χ4n) is 1.46. The maximum absolute atomic E-state index is 4.36. The van der Waals surface area contributed by atoms with Crippen molar-refractivity contribution in [3.8, 4) is 0 Å². The largest absolute Gasteiger partial charge is 0.310 e. The molecular weight excluding hydrogens is 184 g/mol. The lowest BCUT2D eigenvalue weighted by molar-refractivity contribution is 0.735. The maximum Gasteiger partial charge on any atom is 0.0629 e. The first-order valence-electron chi connectivity index (χ1n) is 5.57. The van der Waals surface area contributed by atoms with Gasteiger partial charge in [-0.1, -0.05) is 11.6 Å². The van der Waals surface area contributed by atoms with E-state index in [0.29, 0.717) is 0 Å². The van der Waals surface area contributed by atoms with Gasteiger partial charge in [0.15, 0.2) is 0 Å². The Morgan fingerprint density at radius 1 is 1.53 bits per heavy atom. The molecule has 1 saturated carbocycles. The van der Waals surface area contributed by atoms with E-state index in [9.17, 15) is 0 Å². The zero-order valence-electron chi connectivity index (χ0n) is 9.46. The van der Waals surface area contributed by atoms with Crippen molar-refractivity contribution in [1.82, 2.24) is 10.3 Å². The number of rotatable bonds is 4. The van der Waals surface area contributed by atoms with Gasteiger partial charge in [0.1, 0.15) is 0 Å². The molecule has 0 saturated heterocycles. The molecule has 0 aliphatic heterocycles. The Hall–Kier alpha value is -1.15. The van der Waals surface area contributed by atoms with Gasteiger partial charge in [-0.25, -0.2) is 0 Å². The molecule has 15 heavy (non-hydrogen) atoms. The van der Waals surface area contributed by atoms with Crippen LogP contribution in [-0.2, 0) is 0 Å². The average Bonchev–Trinajstić information content (AvgIpc) is 3.02. The van der Waals surface area contributed by atoms with Crippen LogP contribution in [0.15, 0.2) is 23.9 Å². The molecule has 2 rings (SSSR count). The quantitative estimate of drug-likeness (QED) is 0.811. The molecule has 1 heterocycles. The Balaban J connectivity index is 1.91. The summed E-state index contributed by atoms with van der Waals surface area (Å²) in [6.45, 7) is 5.19. The Morgan fingerprint density at radius 2 is 2.33 bits per heavy atom. The zero-order valence-corrected chi connectivity index (χ0v) is 9.46. The highest BCUT2D eigenvalue weighted by atomic mass is 14.9. The molecule has 80 valence electrons. The lowest BCUT2D eigenvalue weighted by atomic mass is 10.2. The van der Waals surface area contributed by atoms with Crippen LogP contribution in [0.2, 0.25) is 0 Å². The van der Waals surface area contributed by atoms with Gasteiger partial charge in [0.2, 0.25) is 0 Å². The second-order valence-corrected chi connectivity index (χ2v) is 4.41. The second-order valence-electron chi connectivity index (χ2n) is 4.41. The van der Waals surface area contributed by atoms with Gasteiger partial charge in [-0.15, -0.1) is 0 Å². The van der Waals surface area contributed by atoms with Crippen LogP contribution in [0.5, 0.6) is 0 Å². The summed E-state index contributed by atoms with van der Waals surface area (Å²) in [6, 6.07) is 4.94. The molecule has 0 spiro atoms. The first kappa shape index (κ1) is 10.4. The zero-order chi connectivity index (χ0) is 10.7. The Labute approximate surface area is 91.4 Å². The SMILES string of the molecule is C/C(=C/c1ccc(C)cn1)CNC1CC1. The fraction of sp³-hybridized carbons (Fsp3) is 0.462. The molecule has 1 aliphatic carbocycles. The predicted octanol–water partition coefficient (Wildman–Crippen LogP) is 2.55. The van der Waals surface area contributed by atoms with Gasteiger partial charge < -0.3 is 5.32 Å². The summed E-state index contributed by atoms with van der Waals surface area (Å²) in [7, 11) is 0. The smallest absolute Gasteiger partial charge is 0.0629 e. The minimum absolute atomic E-state index is 0.777. The van der Waals surface area contributed by atoms with Gasteiger partial charge in [-0.2, -0.15) is 0 Å². The van der Waals surface area contributed by atoms with Crippen molar-refractivity contribution in [2.45, 2.75) is 32.7 Å². The molecular formula is C13H18N2. The van der Waals surface area contributed by atoms with Gasteiger partial charge in [0.05, 0.1) is 5.69 Å². The molecule has 1 aromatic rings. The van der Waals surface area contributed by atoms with Crippen LogP contribution in [0.25, 0.3) is 6.08 Å². The average molecular weight is 202 g/mol. The van der Waals surface area contributed by atoms with Crippen molar-refractivity contribution < 1.29 is 0 Å². The first-order chi connectivity index (χ1) is 7.24. The number of nitrogens with zero attached hydrogens (tertiary/aromatic N) is 1. The molecule has 1 fully saturated rings. The lowest BCUT2D eigenvalue weighted by Gasteiger charge is -2.02. The third-order valence-corrected chi connectivity index (χ3v) is 2.58. The van der Waals surface area contributed by atoms with Gasteiger partial charge >= 0.3 is 0 Å². The standard InChI is InChI=1S/C13H18N2/c1-10-3-4-13(15-8-10)7-11(2)9-14-12-5-6-12/h3-4,7-8,12,14H,5-6,9H2,1-2H3/b11-7-. The highest BCUT2D eigenvalue weighted by Gasteiger charge is 2.19. The van der Waals surface area contributed by atoms with E-state index in [4.69, 9.17) is 0 Å². The summed E-state index contributed by atoms with van der Waals surface area (Å²) in [4.78, 5) is 4.36. The van der Waals surface area contributed by atoms with Crippen LogP contribution in [0.3, 0.4) is 0 Å². The normalized spacial score (nSPS) is 16.8. The summed E-state index contributed by atoms with van der Waals surface area (Å²) in [6.07, 6.45) is 6.74. The highest BCUT2D eigenvalue weighted by molar-refractivity contribution is 5.48. The number of hydrogen-bond acceptors (Lipinski definition) is 2. The third-order valence-electron chi connectivity index (χ3n) is 2.58. The molecule has 1 aromatic heterocycles. The van der Waals surface area contributed by atoms with Crippen molar-refractivity contribution in [1.29, 1.82) is 0 Å². The van der Waals surface area contributed by atoms with Gasteiger partial charge in [-0.05, 0) is 44.4 Å².